The van der Waals surface area contributed by atoms with E-state index in [1.807, 2.05) is 30.3 Å². The van der Waals surface area contributed by atoms with Gasteiger partial charge in [0.05, 0.1) is 5.25 Å². The molecule has 2 N–H and O–H groups in total. The first kappa shape index (κ1) is 18.0. The summed E-state index contributed by atoms with van der Waals surface area (Å²) >= 11 is 1.37. The Balaban J connectivity index is 1.31. The molecule has 1 unspecified atom stereocenters. The molecule has 0 aliphatic heterocycles. The van der Waals surface area contributed by atoms with E-state index >= 15 is 0 Å². The van der Waals surface area contributed by atoms with Gasteiger partial charge in [0.2, 0.25) is 5.91 Å². The van der Waals surface area contributed by atoms with Gasteiger partial charge in [-0.25, -0.2) is 4.79 Å². The lowest BCUT2D eigenvalue weighted by molar-refractivity contribution is -0.119. The van der Waals surface area contributed by atoms with Crippen molar-refractivity contribution in [2.45, 2.75) is 61.5 Å². The Bertz CT molecular complexity index is 830. The topological polar surface area (TPSA) is 88.9 Å². The first-order chi connectivity index (χ1) is 13.1. The number of carbonyl (C=O) groups excluding carboxylic acids is 2. The average Bonchev–Trinajstić information content (AvgIpc) is 3.60. The maximum Gasteiger partial charge on any atom is 0.321 e. The minimum Gasteiger partial charge on any atom is -0.334 e. The second-order valence-electron chi connectivity index (χ2n) is 7.13. The number of aromatic nitrogens is 3. The third-order valence-corrected chi connectivity index (χ3v) is 5.79. The number of urea groups is 1. The molecule has 0 spiro atoms. The number of amides is 3. The fourth-order valence-corrected chi connectivity index (χ4v) is 3.84. The van der Waals surface area contributed by atoms with E-state index < -0.39 is 11.3 Å². The highest BCUT2D eigenvalue weighted by atomic mass is 32.2. The number of hydrogen-bond donors (Lipinski definition) is 2. The van der Waals surface area contributed by atoms with Crippen molar-refractivity contribution in [2.75, 3.05) is 0 Å². The van der Waals surface area contributed by atoms with Crippen molar-refractivity contribution in [1.82, 2.24) is 25.4 Å². The Labute approximate surface area is 162 Å². The number of imide groups is 1. The maximum absolute atomic E-state index is 12.4. The minimum atomic E-state index is -0.487. The van der Waals surface area contributed by atoms with Crippen molar-refractivity contribution >= 4 is 23.7 Å². The summed E-state index contributed by atoms with van der Waals surface area (Å²) < 4.78 is 2.21. The predicted molar refractivity (Wildman–Crippen MR) is 102 cm³/mol. The highest BCUT2D eigenvalue weighted by Crippen LogP contribution is 2.46. The van der Waals surface area contributed by atoms with Crippen molar-refractivity contribution in [3.05, 3.63) is 41.7 Å². The van der Waals surface area contributed by atoms with E-state index in [0.717, 1.165) is 29.4 Å². The van der Waals surface area contributed by atoms with Crippen LogP contribution in [0.15, 0.2) is 35.5 Å². The number of nitrogens with zero attached hydrogens (tertiary/aromatic N) is 3. The van der Waals surface area contributed by atoms with Crippen LogP contribution in [0.2, 0.25) is 0 Å². The van der Waals surface area contributed by atoms with Crippen molar-refractivity contribution in [3.8, 4) is 0 Å². The van der Waals surface area contributed by atoms with Gasteiger partial charge in [-0.1, -0.05) is 42.1 Å². The normalized spacial score (nSPS) is 17.4. The van der Waals surface area contributed by atoms with Crippen LogP contribution in [0.5, 0.6) is 0 Å². The number of thioether (sulfide) groups is 1. The molecule has 2 fully saturated rings. The van der Waals surface area contributed by atoms with E-state index in [9.17, 15) is 9.59 Å². The molecular weight excluding hydrogens is 362 g/mol. The van der Waals surface area contributed by atoms with Crippen LogP contribution >= 0.6 is 11.8 Å². The largest absolute Gasteiger partial charge is 0.334 e. The summed E-state index contributed by atoms with van der Waals surface area (Å²) in [6.45, 7) is 2.16. The van der Waals surface area contributed by atoms with Gasteiger partial charge in [0.15, 0.2) is 5.16 Å². The second-order valence-corrected chi connectivity index (χ2v) is 8.44. The van der Waals surface area contributed by atoms with Crippen LogP contribution in [0.1, 0.15) is 56.0 Å². The molecule has 7 nitrogen and oxygen atoms in total. The smallest absolute Gasteiger partial charge is 0.321 e. The highest BCUT2D eigenvalue weighted by molar-refractivity contribution is 8.00. The van der Waals surface area contributed by atoms with Crippen molar-refractivity contribution < 1.29 is 9.59 Å². The fourth-order valence-electron chi connectivity index (χ4n) is 2.91. The zero-order valence-corrected chi connectivity index (χ0v) is 16.0. The van der Waals surface area contributed by atoms with Crippen molar-refractivity contribution in [2.24, 2.45) is 0 Å². The Morgan fingerprint density at radius 3 is 2.59 bits per heavy atom. The number of carbonyl (C=O) groups is 2. The van der Waals surface area contributed by atoms with Crippen LogP contribution < -0.4 is 10.6 Å². The van der Waals surface area contributed by atoms with Crippen molar-refractivity contribution in [1.29, 1.82) is 0 Å². The summed E-state index contributed by atoms with van der Waals surface area (Å²) in [5.41, 5.74) is 0.979. The monoisotopic (exact) mass is 385 g/mol. The zero-order chi connectivity index (χ0) is 18.8. The lowest BCUT2D eigenvalue weighted by atomic mass is 10.2. The minimum absolute atomic E-state index is 0.330. The van der Waals surface area contributed by atoms with Crippen LogP contribution in [0.3, 0.4) is 0 Å². The lowest BCUT2D eigenvalue weighted by Gasteiger charge is -2.13. The first-order valence-corrected chi connectivity index (χ1v) is 10.2. The number of nitrogens with one attached hydrogen (secondary N) is 2. The van der Waals surface area contributed by atoms with Gasteiger partial charge >= 0.3 is 6.03 Å². The molecule has 3 amide bonds. The third-order valence-electron chi connectivity index (χ3n) is 4.73. The second kappa shape index (κ2) is 7.72. The van der Waals surface area contributed by atoms with E-state index in [1.165, 1.54) is 24.6 Å². The molecule has 2 aromatic rings. The molecule has 4 rings (SSSR count). The molecule has 0 radical (unpaired) electrons. The maximum atomic E-state index is 12.4. The van der Waals surface area contributed by atoms with Gasteiger partial charge in [0.1, 0.15) is 5.82 Å². The lowest BCUT2D eigenvalue weighted by Crippen LogP contribution is -2.42. The molecule has 0 bridgehead atoms. The Morgan fingerprint density at radius 2 is 1.93 bits per heavy atom. The van der Waals surface area contributed by atoms with E-state index in [2.05, 4.69) is 25.4 Å². The standard InChI is InChI=1S/C19H23N5O2S/c1-12(17(25)21-18(26)20-11-13-5-3-2-4-6-13)27-19-23-22-16(14-7-8-14)24(19)15-9-10-15/h2-6,12,14-15H,7-11H2,1H3,(H2,20,21,25,26). The van der Waals surface area contributed by atoms with Crippen LogP contribution in [-0.2, 0) is 11.3 Å². The quantitative estimate of drug-likeness (QED) is 0.715. The Morgan fingerprint density at radius 1 is 1.19 bits per heavy atom. The van der Waals surface area contributed by atoms with Crippen molar-refractivity contribution in [3.63, 3.8) is 0 Å². The molecule has 2 saturated carbocycles. The summed E-state index contributed by atoms with van der Waals surface area (Å²) in [6, 6.07) is 9.56. The summed E-state index contributed by atoms with van der Waals surface area (Å²) in [5, 5.41) is 14.1. The molecule has 142 valence electrons. The average molecular weight is 385 g/mol. The molecule has 2 aliphatic carbocycles. The molecule has 0 saturated heterocycles. The molecule has 1 aromatic heterocycles. The molecule has 1 aromatic carbocycles. The van der Waals surface area contributed by atoms with Crippen LogP contribution in [0, 0.1) is 0 Å². The number of rotatable bonds is 7. The molecule has 8 heteroatoms. The summed E-state index contributed by atoms with van der Waals surface area (Å²) in [7, 11) is 0. The van der Waals surface area contributed by atoms with E-state index in [4.69, 9.17) is 0 Å². The van der Waals surface area contributed by atoms with Crippen LogP contribution in [0.4, 0.5) is 4.79 Å². The van der Waals surface area contributed by atoms with Gasteiger partial charge in [-0.2, -0.15) is 0 Å². The molecular formula is C19H23N5O2S. The number of benzene rings is 1. The van der Waals surface area contributed by atoms with Gasteiger partial charge in [0, 0.05) is 18.5 Å². The summed E-state index contributed by atoms with van der Waals surface area (Å²) in [4.78, 5) is 24.4. The molecule has 2 aliphatic rings. The predicted octanol–water partition coefficient (Wildman–Crippen LogP) is 3.00. The highest BCUT2D eigenvalue weighted by Gasteiger charge is 2.37. The zero-order valence-electron chi connectivity index (χ0n) is 15.2. The van der Waals surface area contributed by atoms with Gasteiger partial charge in [-0.3, -0.25) is 10.1 Å². The molecule has 27 heavy (non-hydrogen) atoms. The first-order valence-electron chi connectivity index (χ1n) is 9.36. The van der Waals surface area contributed by atoms with Gasteiger partial charge in [-0.15, -0.1) is 10.2 Å². The van der Waals surface area contributed by atoms with Gasteiger partial charge in [0.25, 0.3) is 0 Å². The summed E-state index contributed by atoms with van der Waals surface area (Å²) in [5.74, 6) is 1.26. The molecule has 1 heterocycles. The summed E-state index contributed by atoms with van der Waals surface area (Å²) in [6.07, 6.45) is 4.64. The van der Waals surface area contributed by atoms with E-state index in [1.54, 1.807) is 6.92 Å². The number of hydrogen-bond acceptors (Lipinski definition) is 5. The van der Waals surface area contributed by atoms with Crippen LogP contribution in [-0.4, -0.2) is 32.0 Å². The Hall–Kier alpha value is -2.35. The van der Waals surface area contributed by atoms with Crippen LogP contribution in [0.25, 0.3) is 0 Å². The SMILES string of the molecule is CC(Sc1nnc(C2CC2)n1C1CC1)C(=O)NC(=O)NCc1ccccc1. The van der Waals surface area contributed by atoms with Gasteiger partial charge < -0.3 is 9.88 Å². The Kier molecular flexibility index (Phi) is 5.15. The van der Waals surface area contributed by atoms with Gasteiger partial charge in [-0.05, 0) is 38.2 Å². The fraction of sp³-hybridized carbons (Fsp3) is 0.474. The third kappa shape index (κ3) is 4.50. The molecule has 1 atom stereocenters. The van der Waals surface area contributed by atoms with E-state index in [-0.39, 0.29) is 5.91 Å². The van der Waals surface area contributed by atoms with E-state index in [0.29, 0.717) is 18.5 Å².